The van der Waals surface area contributed by atoms with E-state index in [-0.39, 0.29) is 0 Å². The van der Waals surface area contributed by atoms with Crippen LogP contribution in [-0.2, 0) is 0 Å². The summed E-state index contributed by atoms with van der Waals surface area (Å²) in [6.45, 7) is 3.96. The first-order chi connectivity index (χ1) is 7.25. The second kappa shape index (κ2) is 4.09. The molecule has 3 heteroatoms. The number of aryl methyl sites for hydroxylation is 2. The molecule has 0 saturated carbocycles. The molecule has 0 aliphatic carbocycles. The minimum Gasteiger partial charge on any atom is -0.348 e. The Labute approximate surface area is 88.5 Å². The number of rotatable bonds is 0. The van der Waals surface area contributed by atoms with E-state index in [2.05, 4.69) is 15.0 Å². The fourth-order valence-electron chi connectivity index (χ4n) is 1.46. The summed E-state index contributed by atoms with van der Waals surface area (Å²) in [4.78, 5) is 11.8. The number of H-pyrrole nitrogens is 1. The third-order valence-electron chi connectivity index (χ3n) is 2.12. The lowest BCUT2D eigenvalue weighted by molar-refractivity contribution is 1.06. The van der Waals surface area contributed by atoms with Gasteiger partial charge in [-0.25, -0.2) is 4.98 Å². The molecule has 0 saturated heterocycles. The van der Waals surface area contributed by atoms with Crippen molar-refractivity contribution in [1.82, 2.24) is 15.0 Å². The monoisotopic (exact) mass is 199 g/mol. The van der Waals surface area contributed by atoms with Crippen LogP contribution in [0.2, 0.25) is 0 Å². The van der Waals surface area contributed by atoms with Crippen LogP contribution in [0.3, 0.4) is 0 Å². The highest BCUT2D eigenvalue weighted by Crippen LogP contribution is 2.06. The molecule has 15 heavy (non-hydrogen) atoms. The second-order valence-corrected chi connectivity index (χ2v) is 3.47. The molecule has 0 radical (unpaired) electrons. The molecular formula is C12H13N3. The zero-order chi connectivity index (χ0) is 10.7. The predicted octanol–water partition coefficient (Wildman–Crippen LogP) is 2.70. The van der Waals surface area contributed by atoms with Gasteiger partial charge in [-0.1, -0.05) is 12.1 Å². The van der Waals surface area contributed by atoms with Crippen LogP contribution in [0, 0.1) is 13.8 Å². The van der Waals surface area contributed by atoms with E-state index in [1.54, 1.807) is 6.20 Å². The first-order valence-corrected chi connectivity index (χ1v) is 4.87. The first kappa shape index (κ1) is 9.65. The summed E-state index contributed by atoms with van der Waals surface area (Å²) < 4.78 is 0. The number of fused-ring (bicyclic) bond motifs is 1. The second-order valence-electron chi connectivity index (χ2n) is 3.47. The number of nitrogens with one attached hydrogen (secondary N) is 1. The lowest BCUT2D eigenvalue weighted by Crippen LogP contribution is -1.84. The molecule has 0 unspecified atom stereocenters. The van der Waals surface area contributed by atoms with Crippen molar-refractivity contribution in [1.29, 1.82) is 0 Å². The molecule has 2 aromatic rings. The zero-order valence-electron chi connectivity index (χ0n) is 8.86. The van der Waals surface area contributed by atoms with Gasteiger partial charge in [0.1, 0.15) is 5.82 Å². The van der Waals surface area contributed by atoms with Crippen molar-refractivity contribution in [2.45, 2.75) is 13.8 Å². The van der Waals surface area contributed by atoms with E-state index in [0.29, 0.717) is 0 Å². The Morgan fingerprint density at radius 1 is 1.13 bits per heavy atom. The van der Waals surface area contributed by atoms with E-state index in [1.165, 1.54) is 0 Å². The number of pyridine rings is 1. The maximum Gasteiger partial charge on any atom is 0.103 e. The fourth-order valence-corrected chi connectivity index (χ4v) is 1.46. The van der Waals surface area contributed by atoms with Crippen molar-refractivity contribution in [2.24, 2.45) is 0 Å². The van der Waals surface area contributed by atoms with E-state index in [0.717, 1.165) is 22.4 Å². The van der Waals surface area contributed by atoms with Crippen molar-refractivity contribution in [3.8, 4) is 0 Å². The van der Waals surface area contributed by atoms with Gasteiger partial charge in [-0.05, 0) is 26.0 Å². The van der Waals surface area contributed by atoms with Crippen molar-refractivity contribution in [3.63, 3.8) is 0 Å². The number of aromatic nitrogens is 3. The number of hydrogen-bond donors (Lipinski definition) is 1. The molecule has 3 nitrogen and oxygen atoms in total. The number of hydrogen-bond acceptors (Lipinski definition) is 2. The third kappa shape index (κ3) is 2.31. The van der Waals surface area contributed by atoms with Gasteiger partial charge in [-0.15, -0.1) is 0 Å². The molecule has 0 atom stereocenters. The molecule has 0 amide bonds. The highest BCUT2D eigenvalue weighted by Gasteiger charge is 1.90. The molecule has 76 valence electrons. The first-order valence-electron chi connectivity index (χ1n) is 4.87. The van der Waals surface area contributed by atoms with Crippen LogP contribution in [0.4, 0.5) is 0 Å². The van der Waals surface area contributed by atoms with Crippen molar-refractivity contribution in [3.05, 3.63) is 48.2 Å². The largest absolute Gasteiger partial charge is 0.348 e. The minimum atomic E-state index is 0.889. The van der Waals surface area contributed by atoms with Crippen LogP contribution in [0.15, 0.2) is 36.7 Å². The van der Waals surface area contributed by atoms with Gasteiger partial charge in [0.05, 0.1) is 5.52 Å². The fraction of sp³-hybridized carbons (Fsp3) is 0.167. The average Bonchev–Trinajstić information content (AvgIpc) is 2.25. The standard InChI is InChI=1S/C12H13N3/c1-9-4-3-5-11-8-13-7-6-12(11)15-10(2)14-9/h3-8H,1-2H3,(H,14,15). The molecule has 0 bridgehead atoms. The van der Waals surface area contributed by atoms with Crippen LogP contribution in [0.25, 0.3) is 10.9 Å². The van der Waals surface area contributed by atoms with Crippen molar-refractivity contribution >= 4 is 10.9 Å². The van der Waals surface area contributed by atoms with Crippen LogP contribution in [-0.4, -0.2) is 15.0 Å². The summed E-state index contributed by atoms with van der Waals surface area (Å²) in [6.07, 6.45) is 3.57. The quantitative estimate of drug-likeness (QED) is 0.708. The number of aromatic amines is 1. The van der Waals surface area contributed by atoms with Crippen molar-refractivity contribution in [2.75, 3.05) is 0 Å². The Kier molecular flexibility index (Phi) is 2.63. The Balaban J connectivity index is 2.86. The van der Waals surface area contributed by atoms with E-state index in [9.17, 15) is 0 Å². The molecule has 1 N–H and O–H groups in total. The normalized spacial score (nSPS) is 10.0. The molecular weight excluding hydrogens is 186 g/mol. The average molecular weight is 199 g/mol. The van der Waals surface area contributed by atoms with Gasteiger partial charge < -0.3 is 4.98 Å². The highest BCUT2D eigenvalue weighted by atomic mass is 14.9. The smallest absolute Gasteiger partial charge is 0.103 e. The van der Waals surface area contributed by atoms with Crippen LogP contribution in [0.5, 0.6) is 0 Å². The van der Waals surface area contributed by atoms with Crippen LogP contribution < -0.4 is 0 Å². The lowest BCUT2D eigenvalue weighted by atomic mass is 10.3. The summed E-state index contributed by atoms with van der Waals surface area (Å²) in [6, 6.07) is 7.93. The topological polar surface area (TPSA) is 41.6 Å². The molecule has 0 aliphatic rings. The predicted molar refractivity (Wildman–Crippen MR) is 61.0 cm³/mol. The molecule has 2 heterocycles. The van der Waals surface area contributed by atoms with Gasteiger partial charge in [0.25, 0.3) is 0 Å². The molecule has 0 aliphatic heterocycles. The third-order valence-corrected chi connectivity index (χ3v) is 2.12. The molecule has 0 aromatic carbocycles. The van der Waals surface area contributed by atoms with Gasteiger partial charge in [0, 0.05) is 23.5 Å². The summed E-state index contributed by atoms with van der Waals surface area (Å²) in [5.41, 5.74) is 2.02. The Morgan fingerprint density at radius 3 is 2.87 bits per heavy atom. The number of nitrogens with zero attached hydrogens (tertiary/aromatic N) is 2. The van der Waals surface area contributed by atoms with Crippen LogP contribution >= 0.6 is 0 Å². The van der Waals surface area contributed by atoms with Gasteiger partial charge in [0.2, 0.25) is 0 Å². The van der Waals surface area contributed by atoms with Crippen molar-refractivity contribution < 1.29 is 0 Å². The highest BCUT2D eigenvalue weighted by molar-refractivity contribution is 5.75. The Bertz CT molecular complexity index is 527. The minimum absolute atomic E-state index is 0.889. The molecule has 0 spiro atoms. The maximum absolute atomic E-state index is 4.48. The summed E-state index contributed by atoms with van der Waals surface area (Å²) in [5, 5.41) is 1.03. The Morgan fingerprint density at radius 2 is 2.00 bits per heavy atom. The van der Waals surface area contributed by atoms with E-state index in [1.807, 2.05) is 44.3 Å². The van der Waals surface area contributed by atoms with Crippen LogP contribution in [0.1, 0.15) is 11.5 Å². The molecule has 0 fully saturated rings. The Hall–Kier alpha value is -1.90. The van der Waals surface area contributed by atoms with Gasteiger partial charge in [-0.3, -0.25) is 4.98 Å². The molecule has 2 rings (SSSR count). The van der Waals surface area contributed by atoms with Gasteiger partial charge in [0.15, 0.2) is 0 Å². The van der Waals surface area contributed by atoms with Gasteiger partial charge >= 0.3 is 0 Å². The summed E-state index contributed by atoms with van der Waals surface area (Å²) >= 11 is 0. The van der Waals surface area contributed by atoms with E-state index >= 15 is 0 Å². The maximum atomic E-state index is 4.48. The van der Waals surface area contributed by atoms with E-state index in [4.69, 9.17) is 0 Å². The lowest BCUT2D eigenvalue weighted by Gasteiger charge is -1.91. The van der Waals surface area contributed by atoms with Gasteiger partial charge in [-0.2, -0.15) is 0 Å². The zero-order valence-corrected chi connectivity index (χ0v) is 8.86. The summed E-state index contributed by atoms with van der Waals surface area (Å²) in [5.74, 6) is 0.889. The summed E-state index contributed by atoms with van der Waals surface area (Å²) in [7, 11) is 0. The van der Waals surface area contributed by atoms with E-state index < -0.39 is 0 Å². The SMILES string of the molecule is Cc1cccc2cnccc2nc(C)[nH]1. The molecule has 2 aromatic heterocycles.